The number of Topliss-reactive ketones (excluding diaryl/α,β-unsaturated/α-hetero) is 1. The molecule has 41 heavy (non-hydrogen) atoms. The molecule has 1 amide bonds. The van der Waals surface area contributed by atoms with Gasteiger partial charge >= 0.3 is 0 Å². The van der Waals surface area contributed by atoms with Crippen LogP contribution in [-0.4, -0.2) is 37.8 Å². The second-order valence-corrected chi connectivity index (χ2v) is 11.5. The van der Waals surface area contributed by atoms with Gasteiger partial charge in [0.1, 0.15) is 5.75 Å². The quantitative estimate of drug-likeness (QED) is 0.143. The van der Waals surface area contributed by atoms with Crippen molar-refractivity contribution in [3.05, 3.63) is 107 Å². The predicted octanol–water partition coefficient (Wildman–Crippen LogP) is 7.67. The van der Waals surface area contributed by atoms with E-state index in [-0.39, 0.29) is 11.7 Å². The van der Waals surface area contributed by atoms with E-state index in [1.807, 2.05) is 36.4 Å². The van der Waals surface area contributed by atoms with Crippen molar-refractivity contribution in [2.75, 3.05) is 26.5 Å². The fourth-order valence-electron chi connectivity index (χ4n) is 5.33. The highest BCUT2D eigenvalue weighted by Crippen LogP contribution is 2.41. The molecular weight excluding hydrogens is 508 g/mol. The Morgan fingerprint density at radius 3 is 2.34 bits per heavy atom. The lowest BCUT2D eigenvalue weighted by Gasteiger charge is -2.18. The van der Waals surface area contributed by atoms with Gasteiger partial charge < -0.3 is 15.0 Å². The zero-order valence-corrected chi connectivity index (χ0v) is 25.2. The Balaban J connectivity index is 1.71. The Labute approximate surface area is 244 Å². The molecule has 1 aliphatic rings. The second kappa shape index (κ2) is 13.6. The summed E-state index contributed by atoms with van der Waals surface area (Å²) in [6, 6.07) is 22.2. The minimum absolute atomic E-state index is 0.0232. The number of nitrogens with zero attached hydrogens (tertiary/aromatic N) is 1. The summed E-state index contributed by atoms with van der Waals surface area (Å²) in [6.45, 7) is 6.86. The highest BCUT2D eigenvalue weighted by molar-refractivity contribution is 6.37. The molecule has 0 aromatic heterocycles. The first kappa shape index (κ1) is 30.0. The van der Waals surface area contributed by atoms with Crippen LogP contribution in [0, 0.1) is 11.8 Å². The van der Waals surface area contributed by atoms with Gasteiger partial charge in [-0.15, -0.1) is 0 Å². The van der Waals surface area contributed by atoms with Gasteiger partial charge in [-0.25, -0.2) is 0 Å². The molecule has 1 atom stereocenters. The number of amides is 1. The lowest BCUT2D eigenvalue weighted by molar-refractivity contribution is -0.110. The van der Waals surface area contributed by atoms with Gasteiger partial charge in [0.15, 0.2) is 5.78 Å². The number of ether oxygens (including phenoxy) is 1. The van der Waals surface area contributed by atoms with Crippen LogP contribution in [-0.2, 0) is 17.8 Å². The molecule has 0 radical (unpaired) electrons. The molecule has 4 rings (SSSR count). The van der Waals surface area contributed by atoms with Gasteiger partial charge in [-0.1, -0.05) is 62.4 Å². The Kier molecular flexibility index (Phi) is 9.95. The molecule has 0 saturated carbocycles. The lowest BCUT2D eigenvalue weighted by atomic mass is 9.86. The maximum Gasteiger partial charge on any atom is 0.256 e. The maximum atomic E-state index is 13.4. The molecule has 3 aromatic carbocycles. The molecule has 1 aliphatic heterocycles. The van der Waals surface area contributed by atoms with E-state index in [1.54, 1.807) is 20.1 Å². The van der Waals surface area contributed by atoms with Gasteiger partial charge in [-0.05, 0) is 105 Å². The molecule has 1 heterocycles. The number of carbonyl (C=O) groups excluding carboxylic acids is 2. The lowest BCUT2D eigenvalue weighted by Crippen LogP contribution is -2.10. The van der Waals surface area contributed by atoms with Crippen molar-refractivity contribution in [2.24, 2.45) is 11.8 Å². The first-order valence-electron chi connectivity index (χ1n) is 14.4. The molecule has 5 heteroatoms. The monoisotopic (exact) mass is 550 g/mol. The fraction of sp³-hybridized carbons (Fsp3) is 0.333. The highest BCUT2D eigenvalue weighted by Gasteiger charge is 2.29. The number of allylic oxidation sites excluding steroid dienone is 3. The van der Waals surface area contributed by atoms with E-state index in [1.165, 1.54) is 11.1 Å². The number of hydrogen-bond donors (Lipinski definition) is 1. The van der Waals surface area contributed by atoms with E-state index in [0.717, 1.165) is 47.5 Å². The summed E-state index contributed by atoms with van der Waals surface area (Å²) in [5.74, 6) is 1.33. The summed E-state index contributed by atoms with van der Waals surface area (Å²) in [6.07, 6.45) is 7.10. The van der Waals surface area contributed by atoms with Crippen LogP contribution < -0.4 is 10.1 Å². The molecule has 1 N–H and O–H groups in total. The third-order valence-corrected chi connectivity index (χ3v) is 7.44. The normalized spacial score (nSPS) is 14.9. The van der Waals surface area contributed by atoms with Gasteiger partial charge in [0.05, 0.1) is 12.7 Å². The Morgan fingerprint density at radius 2 is 1.68 bits per heavy atom. The Hall–Kier alpha value is -3.96. The summed E-state index contributed by atoms with van der Waals surface area (Å²) in [7, 11) is 5.82. The smallest absolute Gasteiger partial charge is 0.256 e. The van der Waals surface area contributed by atoms with E-state index < -0.39 is 0 Å². The molecule has 0 saturated heterocycles. The molecule has 3 aromatic rings. The summed E-state index contributed by atoms with van der Waals surface area (Å²) in [5, 5.41) is 3.02. The van der Waals surface area contributed by atoms with Crippen molar-refractivity contribution in [2.45, 2.75) is 46.6 Å². The number of carbonyl (C=O) groups is 2. The van der Waals surface area contributed by atoms with Crippen LogP contribution in [0.1, 0.15) is 66.2 Å². The largest absolute Gasteiger partial charge is 0.497 e. The van der Waals surface area contributed by atoms with Crippen molar-refractivity contribution in [1.29, 1.82) is 0 Å². The Morgan fingerprint density at radius 1 is 0.951 bits per heavy atom. The second-order valence-electron chi connectivity index (χ2n) is 11.5. The molecule has 0 spiro atoms. The minimum atomic E-state index is -0.135. The van der Waals surface area contributed by atoms with Gasteiger partial charge in [-0.2, -0.15) is 0 Å². The number of rotatable bonds is 12. The summed E-state index contributed by atoms with van der Waals surface area (Å²) >= 11 is 0. The van der Waals surface area contributed by atoms with Gasteiger partial charge in [-0.3, -0.25) is 9.59 Å². The van der Waals surface area contributed by atoms with Crippen LogP contribution in [0.3, 0.4) is 0 Å². The van der Waals surface area contributed by atoms with Crippen molar-refractivity contribution < 1.29 is 14.3 Å². The summed E-state index contributed by atoms with van der Waals surface area (Å²) in [4.78, 5) is 27.8. The van der Waals surface area contributed by atoms with Crippen molar-refractivity contribution >= 4 is 28.5 Å². The number of nitrogens with one attached hydrogen (secondary N) is 1. The van der Waals surface area contributed by atoms with Gasteiger partial charge in [0.2, 0.25) is 0 Å². The molecular formula is C36H42N2O3. The van der Waals surface area contributed by atoms with E-state index in [0.29, 0.717) is 29.4 Å². The molecule has 0 fully saturated rings. The van der Waals surface area contributed by atoms with Gasteiger partial charge in [0.25, 0.3) is 5.91 Å². The summed E-state index contributed by atoms with van der Waals surface area (Å²) < 4.78 is 5.54. The molecule has 1 unspecified atom stereocenters. The summed E-state index contributed by atoms with van der Waals surface area (Å²) in [5.41, 5.74) is 7.27. The molecule has 5 nitrogen and oxygen atoms in total. The van der Waals surface area contributed by atoms with E-state index >= 15 is 0 Å². The highest BCUT2D eigenvalue weighted by atomic mass is 16.5. The van der Waals surface area contributed by atoms with E-state index in [9.17, 15) is 9.59 Å². The number of anilines is 1. The van der Waals surface area contributed by atoms with Gasteiger partial charge in [0, 0.05) is 23.4 Å². The van der Waals surface area contributed by atoms with Crippen molar-refractivity contribution in [3.63, 3.8) is 0 Å². The molecule has 0 aliphatic carbocycles. The zero-order chi connectivity index (χ0) is 29.5. The zero-order valence-electron chi connectivity index (χ0n) is 25.2. The van der Waals surface area contributed by atoms with Crippen LogP contribution >= 0.6 is 0 Å². The molecule has 0 bridgehead atoms. The SMILES string of the molecule is COc1cccc(/C(CCC(/C=C/C(C)C)Cc2ccc(CN(C)C)cc2)=C2/C(=O)Nc3ccc(C(C)=O)cc32)c1. The number of benzene rings is 3. The number of ketones is 1. The van der Waals surface area contributed by atoms with Crippen LogP contribution in [0.2, 0.25) is 0 Å². The maximum absolute atomic E-state index is 13.4. The number of fused-ring (bicyclic) bond motifs is 1. The first-order chi connectivity index (χ1) is 19.6. The molecule has 214 valence electrons. The predicted molar refractivity (Wildman–Crippen MR) is 169 cm³/mol. The third-order valence-electron chi connectivity index (χ3n) is 7.44. The Bertz CT molecular complexity index is 1450. The average Bonchev–Trinajstić information content (AvgIpc) is 3.27. The topological polar surface area (TPSA) is 58.6 Å². The van der Waals surface area contributed by atoms with E-state index in [2.05, 4.69) is 74.6 Å². The number of hydrogen-bond acceptors (Lipinski definition) is 4. The average molecular weight is 551 g/mol. The minimum Gasteiger partial charge on any atom is -0.497 e. The van der Waals surface area contributed by atoms with Crippen LogP contribution in [0.25, 0.3) is 11.1 Å². The van der Waals surface area contributed by atoms with Crippen LogP contribution in [0.15, 0.2) is 78.9 Å². The van der Waals surface area contributed by atoms with E-state index in [4.69, 9.17) is 4.74 Å². The van der Waals surface area contributed by atoms with Crippen LogP contribution in [0.5, 0.6) is 5.75 Å². The van der Waals surface area contributed by atoms with Crippen molar-refractivity contribution in [3.8, 4) is 5.75 Å². The standard InChI is InChI=1S/C36H42N2O3/c1-24(2)10-11-26(20-27-12-14-28(15-13-27)23-38(4)5)16-18-32(30-8-7-9-31(21-30)41-6)35-33-22-29(25(3)39)17-19-34(33)37-36(35)40/h7-15,17,19,21-22,24,26H,16,18,20,23H2,1-6H3,(H,37,40)/b11-10+,35-32+. The first-order valence-corrected chi connectivity index (χ1v) is 14.4. The van der Waals surface area contributed by atoms with Crippen LogP contribution in [0.4, 0.5) is 5.69 Å². The fourth-order valence-corrected chi connectivity index (χ4v) is 5.33. The third kappa shape index (κ3) is 7.83. The van der Waals surface area contributed by atoms with Crippen molar-refractivity contribution in [1.82, 2.24) is 4.90 Å². The number of methoxy groups -OCH3 is 1.